The lowest BCUT2D eigenvalue weighted by Gasteiger charge is -2.32. The highest BCUT2D eigenvalue weighted by atomic mass is 16.2. The zero-order chi connectivity index (χ0) is 20.9. The SMILES string of the molecule is Cn1nccc1C(=O)N1CCCC(CNC(=O)c2ccc(-c3ccccc3)cc2)C1. The number of nitrogens with one attached hydrogen (secondary N) is 1. The Bertz CT molecular complexity index is 1010. The summed E-state index contributed by atoms with van der Waals surface area (Å²) in [5.41, 5.74) is 3.46. The Morgan fingerprint density at radius 2 is 1.77 bits per heavy atom. The van der Waals surface area contributed by atoms with E-state index in [2.05, 4.69) is 22.5 Å². The van der Waals surface area contributed by atoms with Crippen LogP contribution in [0.2, 0.25) is 0 Å². The lowest BCUT2D eigenvalue weighted by Crippen LogP contribution is -2.44. The third-order valence-corrected chi connectivity index (χ3v) is 5.65. The normalized spacial score (nSPS) is 16.3. The molecule has 1 unspecified atom stereocenters. The van der Waals surface area contributed by atoms with Gasteiger partial charge in [0.05, 0.1) is 0 Å². The third-order valence-electron chi connectivity index (χ3n) is 5.65. The maximum Gasteiger partial charge on any atom is 0.272 e. The fourth-order valence-electron chi connectivity index (χ4n) is 3.95. The van der Waals surface area contributed by atoms with Crippen LogP contribution in [0.4, 0.5) is 0 Å². The Hall–Kier alpha value is -3.41. The number of hydrogen-bond acceptors (Lipinski definition) is 3. The first-order valence-electron chi connectivity index (χ1n) is 10.3. The van der Waals surface area contributed by atoms with Crippen LogP contribution in [-0.4, -0.2) is 46.1 Å². The third kappa shape index (κ3) is 4.43. The molecule has 0 radical (unpaired) electrons. The number of rotatable bonds is 5. The van der Waals surface area contributed by atoms with E-state index in [9.17, 15) is 9.59 Å². The maximum absolute atomic E-state index is 12.7. The van der Waals surface area contributed by atoms with Gasteiger partial charge in [-0.2, -0.15) is 5.10 Å². The number of nitrogens with zero attached hydrogens (tertiary/aromatic N) is 3. The summed E-state index contributed by atoms with van der Waals surface area (Å²) >= 11 is 0. The van der Waals surface area contributed by atoms with Crippen molar-refractivity contribution in [3.63, 3.8) is 0 Å². The Morgan fingerprint density at radius 1 is 1.03 bits per heavy atom. The lowest BCUT2D eigenvalue weighted by molar-refractivity contribution is 0.0660. The van der Waals surface area contributed by atoms with E-state index in [4.69, 9.17) is 0 Å². The summed E-state index contributed by atoms with van der Waals surface area (Å²) < 4.78 is 1.60. The van der Waals surface area contributed by atoms with Crippen molar-refractivity contribution in [2.45, 2.75) is 12.8 Å². The molecule has 4 rings (SSSR count). The molecule has 154 valence electrons. The van der Waals surface area contributed by atoms with E-state index in [-0.39, 0.29) is 17.7 Å². The number of hydrogen-bond donors (Lipinski definition) is 1. The summed E-state index contributed by atoms with van der Waals surface area (Å²) in [7, 11) is 1.78. The monoisotopic (exact) mass is 402 g/mol. The van der Waals surface area contributed by atoms with Crippen LogP contribution in [0.1, 0.15) is 33.7 Å². The quantitative estimate of drug-likeness (QED) is 0.712. The highest BCUT2D eigenvalue weighted by Gasteiger charge is 2.26. The number of likely N-dealkylation sites (tertiary alicyclic amines) is 1. The summed E-state index contributed by atoms with van der Waals surface area (Å²) in [6.07, 6.45) is 3.58. The van der Waals surface area contributed by atoms with Gasteiger partial charge in [0.15, 0.2) is 0 Å². The standard InChI is InChI=1S/C24H26N4O2/c1-27-22(13-14-26-27)24(30)28-15-5-6-18(17-28)16-25-23(29)21-11-9-20(10-12-21)19-7-3-2-4-8-19/h2-4,7-14,18H,5-6,15-17H2,1H3,(H,25,29). The fraction of sp³-hybridized carbons (Fsp3) is 0.292. The van der Waals surface area contributed by atoms with E-state index in [0.29, 0.717) is 24.3 Å². The summed E-state index contributed by atoms with van der Waals surface area (Å²) in [5.74, 6) is 0.177. The van der Waals surface area contributed by atoms with Crippen molar-refractivity contribution in [3.05, 3.63) is 78.1 Å². The summed E-state index contributed by atoms with van der Waals surface area (Å²) in [4.78, 5) is 27.2. The van der Waals surface area contributed by atoms with Gasteiger partial charge in [-0.15, -0.1) is 0 Å². The molecule has 1 aromatic heterocycles. The average Bonchev–Trinajstić information content (AvgIpc) is 3.23. The minimum absolute atomic E-state index is 0.00234. The fourth-order valence-corrected chi connectivity index (χ4v) is 3.95. The minimum atomic E-state index is -0.0790. The van der Waals surface area contributed by atoms with Crippen LogP contribution >= 0.6 is 0 Å². The van der Waals surface area contributed by atoms with Gasteiger partial charge in [-0.25, -0.2) is 0 Å². The molecule has 30 heavy (non-hydrogen) atoms. The molecule has 2 heterocycles. The van der Waals surface area contributed by atoms with Crippen molar-refractivity contribution in [2.24, 2.45) is 13.0 Å². The Morgan fingerprint density at radius 3 is 2.47 bits per heavy atom. The van der Waals surface area contributed by atoms with Crippen LogP contribution in [0.25, 0.3) is 11.1 Å². The molecular weight excluding hydrogens is 376 g/mol. The van der Waals surface area contributed by atoms with Gasteiger partial charge in [-0.3, -0.25) is 14.3 Å². The van der Waals surface area contributed by atoms with Gasteiger partial charge >= 0.3 is 0 Å². The molecule has 1 aliphatic heterocycles. The lowest BCUT2D eigenvalue weighted by atomic mass is 9.97. The molecule has 1 saturated heterocycles. The summed E-state index contributed by atoms with van der Waals surface area (Å²) in [6, 6.07) is 19.5. The van der Waals surface area contributed by atoms with E-state index in [1.165, 1.54) is 0 Å². The molecule has 1 aliphatic rings. The van der Waals surface area contributed by atoms with E-state index < -0.39 is 0 Å². The van der Waals surface area contributed by atoms with Gasteiger partial charge in [-0.1, -0.05) is 42.5 Å². The smallest absolute Gasteiger partial charge is 0.272 e. The van der Waals surface area contributed by atoms with E-state index >= 15 is 0 Å². The predicted octanol–water partition coefficient (Wildman–Crippen LogP) is 3.37. The van der Waals surface area contributed by atoms with Gasteiger partial charge < -0.3 is 10.2 Å². The average molecular weight is 402 g/mol. The van der Waals surface area contributed by atoms with Crippen LogP contribution in [0.3, 0.4) is 0 Å². The molecule has 6 nitrogen and oxygen atoms in total. The molecule has 1 N–H and O–H groups in total. The first kappa shape index (κ1) is 19.9. The van der Waals surface area contributed by atoms with Gasteiger partial charge in [0.2, 0.25) is 0 Å². The second-order valence-corrected chi connectivity index (χ2v) is 7.75. The summed E-state index contributed by atoms with van der Waals surface area (Å²) in [5, 5.41) is 7.12. The minimum Gasteiger partial charge on any atom is -0.352 e. The Kier molecular flexibility index (Phi) is 5.93. The van der Waals surface area contributed by atoms with Crippen LogP contribution < -0.4 is 5.32 Å². The molecular formula is C24H26N4O2. The van der Waals surface area contributed by atoms with Crippen LogP contribution in [0.5, 0.6) is 0 Å². The highest BCUT2D eigenvalue weighted by Crippen LogP contribution is 2.20. The van der Waals surface area contributed by atoms with Crippen molar-refractivity contribution < 1.29 is 9.59 Å². The molecule has 0 saturated carbocycles. The zero-order valence-electron chi connectivity index (χ0n) is 17.1. The summed E-state index contributed by atoms with van der Waals surface area (Å²) in [6.45, 7) is 1.96. The van der Waals surface area contributed by atoms with Crippen LogP contribution in [-0.2, 0) is 7.05 Å². The zero-order valence-corrected chi connectivity index (χ0v) is 17.1. The van der Waals surface area contributed by atoms with Crippen molar-refractivity contribution in [3.8, 4) is 11.1 Å². The molecule has 3 aromatic rings. The predicted molar refractivity (Wildman–Crippen MR) is 116 cm³/mol. The number of amides is 2. The molecule has 2 aromatic carbocycles. The van der Waals surface area contributed by atoms with Crippen LogP contribution in [0.15, 0.2) is 66.9 Å². The van der Waals surface area contributed by atoms with Crippen molar-refractivity contribution in [1.29, 1.82) is 0 Å². The number of benzene rings is 2. The van der Waals surface area contributed by atoms with Gasteiger partial charge in [-0.05, 0) is 48.1 Å². The number of aromatic nitrogens is 2. The first-order valence-corrected chi connectivity index (χ1v) is 10.3. The molecule has 6 heteroatoms. The second kappa shape index (κ2) is 8.95. The largest absolute Gasteiger partial charge is 0.352 e. The first-order chi connectivity index (χ1) is 14.6. The molecule has 0 spiro atoms. The number of piperidine rings is 1. The number of carbonyl (C=O) groups excluding carboxylic acids is 2. The Balaban J connectivity index is 1.32. The van der Waals surface area contributed by atoms with Crippen LogP contribution in [0, 0.1) is 5.92 Å². The second-order valence-electron chi connectivity index (χ2n) is 7.75. The van der Waals surface area contributed by atoms with Crippen molar-refractivity contribution >= 4 is 11.8 Å². The van der Waals surface area contributed by atoms with E-state index in [0.717, 1.165) is 30.5 Å². The maximum atomic E-state index is 12.7. The molecule has 0 aliphatic carbocycles. The van der Waals surface area contributed by atoms with Crippen molar-refractivity contribution in [1.82, 2.24) is 20.0 Å². The Labute approximate surface area is 176 Å². The van der Waals surface area contributed by atoms with Gasteiger partial charge in [0, 0.05) is 38.4 Å². The van der Waals surface area contributed by atoms with Gasteiger partial charge in [0.1, 0.15) is 5.69 Å². The molecule has 0 bridgehead atoms. The molecule has 1 atom stereocenters. The van der Waals surface area contributed by atoms with E-state index in [1.807, 2.05) is 47.4 Å². The molecule has 1 fully saturated rings. The topological polar surface area (TPSA) is 67.2 Å². The van der Waals surface area contributed by atoms with Crippen molar-refractivity contribution in [2.75, 3.05) is 19.6 Å². The highest BCUT2D eigenvalue weighted by molar-refractivity contribution is 5.94. The van der Waals surface area contributed by atoms with E-state index in [1.54, 1.807) is 24.0 Å². The van der Waals surface area contributed by atoms with Gasteiger partial charge in [0.25, 0.3) is 11.8 Å². The number of aryl methyl sites for hydroxylation is 1. The molecule has 2 amide bonds. The number of carbonyl (C=O) groups is 2.